The Morgan fingerprint density at radius 2 is 2.33 bits per heavy atom. The molecule has 98 valence electrons. The van der Waals surface area contributed by atoms with E-state index in [1.54, 1.807) is 13.3 Å². The molecule has 0 radical (unpaired) electrons. The molecule has 18 heavy (non-hydrogen) atoms. The molecule has 6 heteroatoms. The van der Waals surface area contributed by atoms with Crippen molar-refractivity contribution in [3.05, 3.63) is 21.0 Å². The van der Waals surface area contributed by atoms with Gasteiger partial charge in [-0.2, -0.15) is 5.10 Å². The van der Waals surface area contributed by atoms with Crippen molar-refractivity contribution in [3.63, 3.8) is 0 Å². The van der Waals surface area contributed by atoms with Gasteiger partial charge in [-0.25, -0.2) is 4.68 Å². The van der Waals surface area contributed by atoms with Gasteiger partial charge in [0.05, 0.1) is 30.6 Å². The number of ether oxygens (including phenoxy) is 1. The zero-order valence-electron chi connectivity index (χ0n) is 10.7. The highest BCUT2D eigenvalue weighted by atomic mass is 79.9. The summed E-state index contributed by atoms with van der Waals surface area (Å²) in [7, 11) is 1.57. The lowest BCUT2D eigenvalue weighted by atomic mass is 10.1. The van der Waals surface area contributed by atoms with Crippen LogP contribution >= 0.6 is 15.9 Å². The topological polar surface area (TPSA) is 56.1 Å². The third-order valence-corrected chi connectivity index (χ3v) is 3.07. The van der Waals surface area contributed by atoms with Crippen LogP contribution in [0.15, 0.2) is 15.5 Å². The zero-order chi connectivity index (χ0) is 13.8. The number of rotatable bonds is 5. The highest BCUT2D eigenvalue weighted by Gasteiger charge is 2.17. The molecule has 0 aliphatic carbocycles. The van der Waals surface area contributed by atoms with E-state index in [0.717, 1.165) is 0 Å². The maximum absolute atomic E-state index is 12.0. The lowest BCUT2D eigenvalue weighted by Gasteiger charge is -2.21. The number of hydrogen-bond donors (Lipinski definition) is 1. The van der Waals surface area contributed by atoms with Gasteiger partial charge in [0.25, 0.3) is 5.56 Å². The normalized spacial score (nSPS) is 11.1. The minimum Gasteiger partial charge on any atom is -0.383 e. The number of halogens is 1. The third kappa shape index (κ3) is 3.59. The van der Waals surface area contributed by atoms with Crippen molar-refractivity contribution >= 4 is 21.6 Å². The van der Waals surface area contributed by atoms with Crippen molar-refractivity contribution in [2.75, 3.05) is 19.0 Å². The Morgan fingerprint density at radius 1 is 1.67 bits per heavy atom. The Bertz CT molecular complexity index is 517. The summed E-state index contributed by atoms with van der Waals surface area (Å²) in [5, 5.41) is 7.13. The fraction of sp³-hybridized carbons (Fsp3) is 0.500. The predicted molar refractivity (Wildman–Crippen MR) is 74.6 cm³/mol. The van der Waals surface area contributed by atoms with Crippen molar-refractivity contribution in [2.45, 2.75) is 25.9 Å². The van der Waals surface area contributed by atoms with Crippen molar-refractivity contribution in [3.8, 4) is 12.3 Å². The number of nitrogens with zero attached hydrogens (tertiary/aromatic N) is 2. The van der Waals surface area contributed by atoms with Crippen molar-refractivity contribution < 1.29 is 4.74 Å². The Labute approximate surface area is 115 Å². The van der Waals surface area contributed by atoms with Crippen LogP contribution in [0.1, 0.15) is 13.8 Å². The van der Waals surface area contributed by atoms with Gasteiger partial charge in [-0.3, -0.25) is 4.79 Å². The van der Waals surface area contributed by atoms with Gasteiger partial charge in [-0.1, -0.05) is 5.92 Å². The van der Waals surface area contributed by atoms with Crippen molar-refractivity contribution in [1.29, 1.82) is 0 Å². The largest absolute Gasteiger partial charge is 0.383 e. The molecule has 0 bridgehead atoms. The van der Waals surface area contributed by atoms with Crippen LogP contribution in [0.4, 0.5) is 5.69 Å². The first-order valence-corrected chi connectivity index (χ1v) is 6.21. The summed E-state index contributed by atoms with van der Waals surface area (Å²) in [6, 6.07) is 0. The summed E-state index contributed by atoms with van der Waals surface area (Å²) < 4.78 is 6.66. The first-order valence-electron chi connectivity index (χ1n) is 5.42. The van der Waals surface area contributed by atoms with Crippen LogP contribution in [0.3, 0.4) is 0 Å². The molecule has 0 aliphatic rings. The first kappa shape index (κ1) is 14.7. The van der Waals surface area contributed by atoms with Gasteiger partial charge in [-0.05, 0) is 29.8 Å². The van der Waals surface area contributed by atoms with E-state index in [1.165, 1.54) is 4.68 Å². The minimum atomic E-state index is -0.546. The van der Waals surface area contributed by atoms with Crippen molar-refractivity contribution in [1.82, 2.24) is 9.78 Å². The van der Waals surface area contributed by atoms with Crippen LogP contribution < -0.4 is 10.9 Å². The second-order valence-corrected chi connectivity index (χ2v) is 5.08. The molecule has 0 aliphatic heterocycles. The maximum atomic E-state index is 12.0. The Balaban J connectivity index is 3.02. The molecule has 0 saturated heterocycles. The molecule has 1 rings (SSSR count). The number of hydrogen-bond acceptors (Lipinski definition) is 4. The van der Waals surface area contributed by atoms with E-state index in [0.29, 0.717) is 23.3 Å². The lowest BCUT2D eigenvalue weighted by Crippen LogP contribution is -2.32. The molecule has 5 nitrogen and oxygen atoms in total. The monoisotopic (exact) mass is 313 g/mol. The standard InChI is InChI=1S/C12H16BrN3O2/c1-5-12(2,3)15-9-8-14-16(6-7-18-4)11(17)10(9)13/h1,8,15H,6-7H2,2-4H3. The molecule has 1 aromatic heterocycles. The van der Waals surface area contributed by atoms with Gasteiger partial charge < -0.3 is 10.1 Å². The van der Waals surface area contributed by atoms with E-state index >= 15 is 0 Å². The van der Waals surface area contributed by atoms with Gasteiger partial charge in [0.15, 0.2) is 0 Å². The molecule has 1 heterocycles. The third-order valence-electron chi connectivity index (χ3n) is 2.30. The average Bonchev–Trinajstić information content (AvgIpc) is 2.34. The van der Waals surface area contributed by atoms with Gasteiger partial charge in [0, 0.05) is 7.11 Å². The number of methoxy groups -OCH3 is 1. The maximum Gasteiger partial charge on any atom is 0.283 e. The van der Waals surface area contributed by atoms with Crippen LogP contribution in [-0.4, -0.2) is 29.0 Å². The Morgan fingerprint density at radius 3 is 2.89 bits per heavy atom. The predicted octanol–water partition coefficient (Wildman–Crippen LogP) is 1.48. The molecular weight excluding hydrogens is 298 g/mol. The summed E-state index contributed by atoms with van der Waals surface area (Å²) in [5.41, 5.74) is -0.184. The van der Waals surface area contributed by atoms with E-state index in [2.05, 4.69) is 32.3 Å². The number of anilines is 1. The highest BCUT2D eigenvalue weighted by Crippen LogP contribution is 2.20. The molecule has 0 amide bonds. The van der Waals surface area contributed by atoms with Crippen LogP contribution in [0.5, 0.6) is 0 Å². The van der Waals surface area contributed by atoms with Crippen LogP contribution in [0, 0.1) is 12.3 Å². The van der Waals surface area contributed by atoms with Crippen LogP contribution in [-0.2, 0) is 11.3 Å². The first-order chi connectivity index (χ1) is 8.41. The molecular formula is C12H16BrN3O2. The summed E-state index contributed by atoms with van der Waals surface area (Å²) in [5.74, 6) is 2.60. The molecule has 0 fully saturated rings. The summed E-state index contributed by atoms with van der Waals surface area (Å²) in [6.07, 6.45) is 6.96. The summed E-state index contributed by atoms with van der Waals surface area (Å²) in [6.45, 7) is 4.53. The molecule has 0 spiro atoms. The molecule has 0 atom stereocenters. The van der Waals surface area contributed by atoms with Crippen LogP contribution in [0.2, 0.25) is 0 Å². The quantitative estimate of drug-likeness (QED) is 0.837. The van der Waals surface area contributed by atoms with E-state index in [9.17, 15) is 4.79 Å². The second kappa shape index (κ2) is 6.03. The summed E-state index contributed by atoms with van der Waals surface area (Å²) in [4.78, 5) is 12.0. The molecule has 1 N–H and O–H groups in total. The second-order valence-electron chi connectivity index (χ2n) is 4.29. The fourth-order valence-corrected chi connectivity index (χ4v) is 1.67. The van der Waals surface area contributed by atoms with Gasteiger partial charge >= 0.3 is 0 Å². The van der Waals surface area contributed by atoms with Crippen molar-refractivity contribution in [2.24, 2.45) is 0 Å². The van der Waals surface area contributed by atoms with E-state index in [1.807, 2.05) is 13.8 Å². The highest BCUT2D eigenvalue weighted by molar-refractivity contribution is 9.10. The van der Waals surface area contributed by atoms with E-state index in [-0.39, 0.29) is 5.56 Å². The Kier molecular flexibility index (Phi) is 4.93. The van der Waals surface area contributed by atoms with E-state index in [4.69, 9.17) is 11.2 Å². The molecule has 0 aromatic carbocycles. The number of aromatic nitrogens is 2. The lowest BCUT2D eigenvalue weighted by molar-refractivity contribution is 0.181. The van der Waals surface area contributed by atoms with Crippen LogP contribution in [0.25, 0.3) is 0 Å². The number of nitrogens with one attached hydrogen (secondary N) is 1. The Hall–Kier alpha value is -1.32. The smallest absolute Gasteiger partial charge is 0.283 e. The SMILES string of the molecule is C#CC(C)(C)Nc1cnn(CCOC)c(=O)c1Br. The van der Waals surface area contributed by atoms with E-state index < -0.39 is 5.54 Å². The van der Waals surface area contributed by atoms with Gasteiger partial charge in [0.1, 0.15) is 4.47 Å². The average molecular weight is 314 g/mol. The summed E-state index contributed by atoms with van der Waals surface area (Å²) >= 11 is 3.26. The zero-order valence-corrected chi connectivity index (χ0v) is 12.2. The molecule has 1 aromatic rings. The molecule has 0 unspecified atom stereocenters. The van der Waals surface area contributed by atoms with Gasteiger partial charge in [-0.15, -0.1) is 6.42 Å². The molecule has 0 saturated carbocycles. The minimum absolute atomic E-state index is 0.218. The fourth-order valence-electron chi connectivity index (χ4n) is 1.26. The number of terminal acetylenes is 1. The van der Waals surface area contributed by atoms with Gasteiger partial charge in [0.2, 0.25) is 0 Å².